The molecule has 1 heterocycles. The number of nitrogens with one attached hydrogen (secondary N) is 1. The van der Waals surface area contributed by atoms with Crippen LogP contribution in [0.25, 0.3) is 6.08 Å². The van der Waals surface area contributed by atoms with Crippen LogP contribution in [0.2, 0.25) is 0 Å². The Morgan fingerprint density at radius 1 is 1.50 bits per heavy atom. The Morgan fingerprint density at radius 2 is 2.22 bits per heavy atom. The van der Waals surface area contributed by atoms with Gasteiger partial charge >= 0.3 is 0 Å². The quantitative estimate of drug-likeness (QED) is 0.648. The van der Waals surface area contributed by atoms with Crippen LogP contribution < -0.4 is 10.1 Å². The lowest BCUT2D eigenvalue weighted by Crippen LogP contribution is -2.17. The summed E-state index contributed by atoms with van der Waals surface area (Å²) in [6.45, 7) is 0. The first-order valence-corrected chi connectivity index (χ1v) is 5.94. The first-order valence-electron chi connectivity index (χ1n) is 4.72. The van der Waals surface area contributed by atoms with Gasteiger partial charge in [-0.05, 0) is 23.8 Å². The fraction of sp³-hybridized carbons (Fsp3) is 0.0909. The Labute approximate surface area is 120 Å². The van der Waals surface area contributed by atoms with Crippen LogP contribution in [0.3, 0.4) is 0 Å². The van der Waals surface area contributed by atoms with Crippen molar-refractivity contribution in [1.82, 2.24) is 5.32 Å². The van der Waals surface area contributed by atoms with Crippen LogP contribution in [0, 0.1) is 0 Å². The van der Waals surface area contributed by atoms with E-state index in [4.69, 9.17) is 17.0 Å². The molecule has 7 heteroatoms. The summed E-state index contributed by atoms with van der Waals surface area (Å²) in [5.41, 5.74) is 0.766. The zero-order chi connectivity index (χ0) is 12.4. The number of thioether (sulfide) groups is 1. The molecule has 0 bridgehead atoms. The normalized spacial score (nSPS) is 16.4. The summed E-state index contributed by atoms with van der Waals surface area (Å²) in [5, 5.41) is 12.0. The van der Waals surface area contributed by atoms with Crippen LogP contribution in [0.4, 0.5) is 0 Å². The summed E-state index contributed by atoms with van der Waals surface area (Å²) in [5.74, 6) is 0.228. The number of hydrogen-bond donors (Lipinski definition) is 2. The van der Waals surface area contributed by atoms with Crippen molar-refractivity contribution in [3.63, 3.8) is 0 Å². The number of carbonyl (C=O) groups excluding carboxylic acids is 1. The molecule has 0 aromatic heterocycles. The van der Waals surface area contributed by atoms with E-state index in [2.05, 4.69) is 5.32 Å². The lowest BCUT2D eigenvalue weighted by Gasteiger charge is -2.03. The molecule has 2 N–H and O–H groups in total. The van der Waals surface area contributed by atoms with Crippen molar-refractivity contribution >= 4 is 52.7 Å². The molecule has 0 unspecified atom stereocenters. The van der Waals surface area contributed by atoms with Gasteiger partial charge in [0.25, 0.3) is 5.91 Å². The number of carbonyl (C=O) groups is 1. The first kappa shape index (κ1) is 14.8. The number of amides is 1. The molecule has 0 radical (unpaired) electrons. The predicted molar refractivity (Wildman–Crippen MR) is 78.2 cm³/mol. The molecule has 2 rings (SSSR count). The van der Waals surface area contributed by atoms with Crippen molar-refractivity contribution in [2.45, 2.75) is 0 Å². The van der Waals surface area contributed by atoms with Crippen LogP contribution in [0.5, 0.6) is 11.5 Å². The Bertz CT molecular complexity index is 531. The monoisotopic (exact) mass is 303 g/mol. The van der Waals surface area contributed by atoms with Gasteiger partial charge < -0.3 is 15.2 Å². The van der Waals surface area contributed by atoms with E-state index < -0.39 is 0 Å². The van der Waals surface area contributed by atoms with Crippen molar-refractivity contribution < 1.29 is 14.6 Å². The Hall–Kier alpha value is -1.24. The van der Waals surface area contributed by atoms with Gasteiger partial charge in [-0.1, -0.05) is 30.0 Å². The van der Waals surface area contributed by atoms with Crippen LogP contribution in [0.1, 0.15) is 5.56 Å². The van der Waals surface area contributed by atoms with Gasteiger partial charge in [0.15, 0.2) is 11.5 Å². The van der Waals surface area contributed by atoms with Crippen LogP contribution in [-0.2, 0) is 4.79 Å². The second-order valence-corrected chi connectivity index (χ2v) is 5.00. The number of benzene rings is 1. The Kier molecular flexibility index (Phi) is 5.01. The third kappa shape index (κ3) is 3.16. The van der Waals surface area contributed by atoms with Crippen molar-refractivity contribution in [3.8, 4) is 11.5 Å². The number of phenolic OH excluding ortho intramolecular Hbond substituents is 1. The number of hydrogen-bond acceptors (Lipinski definition) is 5. The van der Waals surface area contributed by atoms with Crippen molar-refractivity contribution in [2.24, 2.45) is 0 Å². The highest BCUT2D eigenvalue weighted by atomic mass is 35.5. The largest absolute Gasteiger partial charge is 0.504 e. The average molecular weight is 304 g/mol. The van der Waals surface area contributed by atoms with Crippen LogP contribution >= 0.6 is 36.4 Å². The fourth-order valence-corrected chi connectivity index (χ4v) is 2.40. The van der Waals surface area contributed by atoms with E-state index in [-0.39, 0.29) is 24.1 Å². The molecule has 1 fully saturated rings. The van der Waals surface area contributed by atoms with Crippen LogP contribution in [0.15, 0.2) is 23.1 Å². The molecule has 1 amide bonds. The van der Waals surface area contributed by atoms with E-state index in [0.717, 1.165) is 5.56 Å². The number of rotatable bonds is 2. The van der Waals surface area contributed by atoms with Gasteiger partial charge in [0.1, 0.15) is 4.32 Å². The molecule has 96 valence electrons. The lowest BCUT2D eigenvalue weighted by atomic mass is 10.2. The number of halogens is 1. The molecule has 1 aliphatic rings. The van der Waals surface area contributed by atoms with E-state index >= 15 is 0 Å². The smallest absolute Gasteiger partial charge is 0.263 e. The van der Waals surface area contributed by atoms with E-state index in [9.17, 15) is 9.90 Å². The molecule has 0 aliphatic carbocycles. The number of methoxy groups -OCH3 is 1. The van der Waals surface area contributed by atoms with Gasteiger partial charge in [0.05, 0.1) is 12.0 Å². The van der Waals surface area contributed by atoms with Gasteiger partial charge in [-0.25, -0.2) is 0 Å². The van der Waals surface area contributed by atoms with Crippen molar-refractivity contribution in [2.75, 3.05) is 7.11 Å². The van der Waals surface area contributed by atoms with Crippen molar-refractivity contribution in [1.29, 1.82) is 0 Å². The number of ether oxygens (including phenoxy) is 1. The molecule has 1 aromatic carbocycles. The van der Waals surface area contributed by atoms with Crippen LogP contribution in [-0.4, -0.2) is 22.4 Å². The maximum atomic E-state index is 11.4. The summed E-state index contributed by atoms with van der Waals surface area (Å²) in [7, 11) is 1.47. The summed E-state index contributed by atoms with van der Waals surface area (Å²) in [6, 6.07) is 4.86. The second kappa shape index (κ2) is 6.08. The summed E-state index contributed by atoms with van der Waals surface area (Å²) in [4.78, 5) is 12.0. The SMILES string of the molecule is COc1cc(C=C2SC(=S)NC2=O)ccc1O.Cl. The maximum Gasteiger partial charge on any atom is 0.263 e. The molecule has 0 saturated carbocycles. The Morgan fingerprint density at radius 3 is 2.78 bits per heavy atom. The molecule has 0 spiro atoms. The Balaban J connectivity index is 0.00000162. The molecular weight excluding hydrogens is 294 g/mol. The van der Waals surface area contributed by atoms with E-state index in [1.165, 1.54) is 24.9 Å². The van der Waals surface area contributed by atoms with Crippen molar-refractivity contribution in [3.05, 3.63) is 28.7 Å². The average Bonchev–Trinajstić information content (AvgIpc) is 2.60. The molecule has 1 aromatic rings. The molecule has 0 atom stereocenters. The molecular formula is C11H10ClNO3S2. The molecule has 4 nitrogen and oxygen atoms in total. The minimum atomic E-state index is -0.202. The third-order valence-electron chi connectivity index (χ3n) is 2.14. The topological polar surface area (TPSA) is 58.6 Å². The highest BCUT2D eigenvalue weighted by molar-refractivity contribution is 8.26. The van der Waals surface area contributed by atoms with Gasteiger partial charge in [-0.15, -0.1) is 12.4 Å². The first-order chi connectivity index (χ1) is 8.10. The van der Waals surface area contributed by atoms with E-state index in [1.807, 2.05) is 0 Å². The molecule has 18 heavy (non-hydrogen) atoms. The number of aromatic hydroxyl groups is 1. The molecule has 1 saturated heterocycles. The van der Waals surface area contributed by atoms with E-state index in [0.29, 0.717) is 15.0 Å². The molecule has 1 aliphatic heterocycles. The lowest BCUT2D eigenvalue weighted by molar-refractivity contribution is -0.115. The minimum Gasteiger partial charge on any atom is -0.504 e. The highest BCUT2D eigenvalue weighted by Crippen LogP contribution is 2.30. The second-order valence-electron chi connectivity index (χ2n) is 3.28. The summed E-state index contributed by atoms with van der Waals surface area (Å²) >= 11 is 6.10. The predicted octanol–water partition coefficient (Wildman–Crippen LogP) is 2.31. The van der Waals surface area contributed by atoms with Gasteiger partial charge in [0, 0.05) is 0 Å². The third-order valence-corrected chi connectivity index (χ3v) is 3.31. The number of thiocarbonyl (C=S) groups is 1. The summed E-state index contributed by atoms with van der Waals surface area (Å²) < 4.78 is 5.44. The summed E-state index contributed by atoms with van der Waals surface area (Å²) in [6.07, 6.45) is 1.70. The van der Waals surface area contributed by atoms with Gasteiger partial charge in [-0.3, -0.25) is 4.79 Å². The zero-order valence-electron chi connectivity index (χ0n) is 9.30. The standard InChI is InChI=1S/C11H9NO3S2.ClH/c1-15-8-4-6(2-3-7(8)13)5-9-10(14)12-11(16)17-9;/h2-5,13H,1H3,(H,12,14,16);1H. The maximum absolute atomic E-state index is 11.4. The highest BCUT2D eigenvalue weighted by Gasteiger charge is 2.21. The zero-order valence-corrected chi connectivity index (χ0v) is 11.7. The van der Waals surface area contributed by atoms with Gasteiger partial charge in [0.2, 0.25) is 0 Å². The van der Waals surface area contributed by atoms with E-state index in [1.54, 1.807) is 18.2 Å². The number of phenols is 1. The van der Waals surface area contributed by atoms with Gasteiger partial charge in [-0.2, -0.15) is 0 Å². The minimum absolute atomic E-state index is 0. The fourth-order valence-electron chi connectivity index (χ4n) is 1.36.